The van der Waals surface area contributed by atoms with Gasteiger partial charge in [-0.2, -0.15) is 4.57 Å². The van der Waals surface area contributed by atoms with Crippen molar-refractivity contribution in [3.63, 3.8) is 0 Å². The summed E-state index contributed by atoms with van der Waals surface area (Å²) in [6.07, 6.45) is 0. The molecule has 0 saturated carbocycles. The Balaban J connectivity index is 1.62. The lowest BCUT2D eigenvalue weighted by atomic mass is 9.87. The molecule has 1 heterocycles. The highest BCUT2D eigenvalue weighted by Gasteiger charge is 2.29. The Morgan fingerprint density at radius 1 is 0.590 bits per heavy atom. The van der Waals surface area contributed by atoms with Crippen molar-refractivity contribution in [1.82, 2.24) is 4.57 Å². The fourth-order valence-corrected chi connectivity index (χ4v) is 5.50. The molecule has 6 rings (SSSR count). The molecule has 0 bridgehead atoms. The molecular formula is C37H35N2+. The number of aryl methyl sites for hydroxylation is 2. The van der Waals surface area contributed by atoms with Crippen LogP contribution >= 0.6 is 0 Å². The maximum Gasteiger partial charge on any atom is 0.295 e. The topological polar surface area (TPSA) is 8.81 Å². The number of nitrogens with zero attached hydrogens (tertiary/aromatic N) is 2. The van der Waals surface area contributed by atoms with Gasteiger partial charge in [0.1, 0.15) is 5.69 Å². The zero-order valence-electron chi connectivity index (χ0n) is 23.4. The highest BCUT2D eigenvalue weighted by atomic mass is 15.2. The Bertz CT molecular complexity index is 1770. The molecule has 0 unspecified atom stereocenters. The van der Waals surface area contributed by atoms with Gasteiger partial charge in [-0.1, -0.05) is 112 Å². The summed E-state index contributed by atoms with van der Waals surface area (Å²) in [5.41, 5.74) is 12.4. The van der Waals surface area contributed by atoms with Gasteiger partial charge < -0.3 is 0 Å². The van der Waals surface area contributed by atoms with Crippen molar-refractivity contribution >= 4 is 11.0 Å². The van der Waals surface area contributed by atoms with E-state index in [4.69, 9.17) is 0 Å². The number of hydrogen-bond donors (Lipinski definition) is 0. The lowest BCUT2D eigenvalue weighted by molar-refractivity contribution is -0.633. The molecule has 192 valence electrons. The van der Waals surface area contributed by atoms with E-state index in [1.807, 2.05) is 0 Å². The van der Waals surface area contributed by atoms with Crippen molar-refractivity contribution in [3.05, 3.63) is 132 Å². The number of aromatic nitrogens is 2. The first-order valence-electron chi connectivity index (χ1n) is 13.7. The first kappa shape index (κ1) is 24.9. The summed E-state index contributed by atoms with van der Waals surface area (Å²) < 4.78 is 4.79. The highest BCUT2D eigenvalue weighted by Crippen LogP contribution is 2.35. The first-order chi connectivity index (χ1) is 18.8. The van der Waals surface area contributed by atoms with Crippen molar-refractivity contribution in [3.8, 4) is 39.3 Å². The second-order valence-corrected chi connectivity index (χ2v) is 11.5. The van der Waals surface area contributed by atoms with Crippen LogP contribution in [0.5, 0.6) is 0 Å². The van der Waals surface area contributed by atoms with Gasteiger partial charge in [0.05, 0.1) is 12.6 Å². The average molecular weight is 508 g/mol. The second kappa shape index (κ2) is 9.71. The van der Waals surface area contributed by atoms with E-state index < -0.39 is 0 Å². The monoisotopic (exact) mass is 507 g/mol. The lowest BCUT2D eigenvalue weighted by Gasteiger charge is -2.18. The second-order valence-electron chi connectivity index (χ2n) is 11.5. The summed E-state index contributed by atoms with van der Waals surface area (Å²) in [5.74, 6) is 1.18. The fraction of sp³-hybridized carbons (Fsp3) is 0.162. The predicted octanol–water partition coefficient (Wildman–Crippen LogP) is 9.06. The maximum absolute atomic E-state index is 2.44. The lowest BCUT2D eigenvalue weighted by Crippen LogP contribution is -2.30. The van der Waals surface area contributed by atoms with E-state index >= 15 is 0 Å². The molecule has 0 aliphatic carbocycles. The zero-order chi connectivity index (χ0) is 27.1. The number of benzene rings is 5. The van der Waals surface area contributed by atoms with Gasteiger partial charge in [0.15, 0.2) is 11.0 Å². The van der Waals surface area contributed by atoms with Gasteiger partial charge in [-0.25, -0.2) is 4.57 Å². The van der Waals surface area contributed by atoms with Gasteiger partial charge in [0.2, 0.25) is 0 Å². The van der Waals surface area contributed by atoms with Gasteiger partial charge in [0, 0.05) is 0 Å². The van der Waals surface area contributed by atoms with E-state index in [0.29, 0.717) is 0 Å². The van der Waals surface area contributed by atoms with Crippen LogP contribution in [-0.4, -0.2) is 4.57 Å². The molecule has 0 fully saturated rings. The molecule has 0 N–H and O–H groups in total. The molecule has 5 aromatic carbocycles. The number of rotatable bonds is 4. The Hall–Kier alpha value is -4.43. The summed E-state index contributed by atoms with van der Waals surface area (Å²) in [7, 11) is 2.19. The summed E-state index contributed by atoms with van der Waals surface area (Å²) in [4.78, 5) is 0. The largest absolute Gasteiger partial charge is 0.295 e. The molecule has 0 spiro atoms. The van der Waals surface area contributed by atoms with Gasteiger partial charge >= 0.3 is 0 Å². The molecule has 0 aliphatic rings. The van der Waals surface area contributed by atoms with Gasteiger partial charge in [-0.15, -0.1) is 0 Å². The first-order valence-corrected chi connectivity index (χ1v) is 13.7. The van der Waals surface area contributed by atoms with E-state index in [1.54, 1.807) is 0 Å². The van der Waals surface area contributed by atoms with Crippen LogP contribution in [0.3, 0.4) is 0 Å². The van der Waals surface area contributed by atoms with E-state index in [0.717, 1.165) is 5.69 Å². The van der Waals surface area contributed by atoms with Crippen molar-refractivity contribution < 1.29 is 4.57 Å². The van der Waals surface area contributed by atoms with E-state index in [1.165, 1.54) is 55.8 Å². The van der Waals surface area contributed by atoms with Crippen LogP contribution in [0.25, 0.3) is 50.4 Å². The minimum absolute atomic E-state index is 0.0579. The smallest absolute Gasteiger partial charge is 0.225 e. The molecule has 39 heavy (non-hydrogen) atoms. The van der Waals surface area contributed by atoms with E-state index in [-0.39, 0.29) is 5.41 Å². The van der Waals surface area contributed by atoms with Crippen LogP contribution < -0.4 is 4.57 Å². The Labute approximate surface area is 231 Å². The number of imidazole rings is 1. The van der Waals surface area contributed by atoms with Gasteiger partial charge in [-0.3, -0.25) is 0 Å². The maximum atomic E-state index is 2.44. The minimum atomic E-state index is 0.0579. The molecule has 6 aromatic rings. The standard InChI is InChI=1S/C37H35N2/c1-26-16-17-30(28-14-10-7-11-15-28)24-33(26)36-38(5)34-23-20-31(37(2,3)4)25-35(34)39(36)32-21-18-29(19-22-32)27-12-8-6-9-13-27/h6-25H,1-5H3/q+1. The summed E-state index contributed by atoms with van der Waals surface area (Å²) in [5, 5.41) is 0. The minimum Gasteiger partial charge on any atom is -0.225 e. The SMILES string of the molecule is Cc1ccc(-c2ccccc2)cc1-c1n(-c2ccc(-c3ccccc3)cc2)c2cc(C(C)(C)C)ccc2[n+]1C. The molecule has 0 atom stereocenters. The third-order valence-corrected chi connectivity index (χ3v) is 7.79. The average Bonchev–Trinajstić information content (AvgIpc) is 3.25. The molecule has 0 radical (unpaired) electrons. The normalized spacial score (nSPS) is 11.7. The van der Waals surface area contributed by atoms with Crippen molar-refractivity contribution in [2.24, 2.45) is 7.05 Å². The van der Waals surface area contributed by atoms with Gasteiger partial charge in [0.25, 0.3) is 5.82 Å². The molecule has 0 amide bonds. The molecule has 2 heteroatoms. The summed E-state index contributed by atoms with van der Waals surface area (Å²) in [6.45, 7) is 9.06. The molecule has 2 nitrogen and oxygen atoms in total. The van der Waals surface area contributed by atoms with Crippen LogP contribution in [0.15, 0.2) is 121 Å². The Morgan fingerprint density at radius 2 is 1.15 bits per heavy atom. The molecule has 0 aliphatic heterocycles. The third kappa shape index (κ3) is 4.57. The number of fused-ring (bicyclic) bond motifs is 1. The van der Waals surface area contributed by atoms with Crippen molar-refractivity contribution in [2.75, 3.05) is 0 Å². The Morgan fingerprint density at radius 3 is 1.77 bits per heavy atom. The summed E-state index contributed by atoms with van der Waals surface area (Å²) in [6, 6.07) is 44.0. The van der Waals surface area contributed by atoms with Crippen LogP contribution in [0.1, 0.15) is 31.9 Å². The van der Waals surface area contributed by atoms with Crippen molar-refractivity contribution in [1.29, 1.82) is 0 Å². The van der Waals surface area contributed by atoms with Crippen LogP contribution in [-0.2, 0) is 12.5 Å². The molecule has 0 saturated heterocycles. The molecule has 1 aromatic heterocycles. The van der Waals surface area contributed by atoms with Gasteiger partial charge in [-0.05, 0) is 76.1 Å². The molecular weight excluding hydrogens is 472 g/mol. The van der Waals surface area contributed by atoms with E-state index in [2.05, 4.69) is 165 Å². The van der Waals surface area contributed by atoms with Crippen LogP contribution in [0.2, 0.25) is 0 Å². The van der Waals surface area contributed by atoms with Crippen LogP contribution in [0, 0.1) is 6.92 Å². The zero-order valence-corrected chi connectivity index (χ0v) is 23.4. The quantitative estimate of drug-likeness (QED) is 0.210. The third-order valence-electron chi connectivity index (χ3n) is 7.79. The predicted molar refractivity (Wildman–Crippen MR) is 164 cm³/mol. The fourth-order valence-electron chi connectivity index (χ4n) is 5.50. The highest BCUT2D eigenvalue weighted by molar-refractivity contribution is 5.82. The Kier molecular flexibility index (Phi) is 6.19. The number of hydrogen-bond acceptors (Lipinski definition) is 0. The van der Waals surface area contributed by atoms with Crippen LogP contribution in [0.4, 0.5) is 0 Å². The summed E-state index contributed by atoms with van der Waals surface area (Å²) >= 11 is 0. The van der Waals surface area contributed by atoms with E-state index in [9.17, 15) is 0 Å². The van der Waals surface area contributed by atoms with Crippen molar-refractivity contribution in [2.45, 2.75) is 33.1 Å².